The van der Waals surface area contributed by atoms with Crippen LogP contribution in [0.25, 0.3) is 0 Å². The maximum atomic E-state index is 12.4. The van der Waals surface area contributed by atoms with E-state index in [-0.39, 0.29) is 22.9 Å². The van der Waals surface area contributed by atoms with Gasteiger partial charge in [-0.05, 0) is 98.7 Å². The molecule has 2 rings (SSSR count). The zero-order valence-electron chi connectivity index (χ0n) is 23.9. The Bertz CT molecular complexity index is 740. The summed E-state index contributed by atoms with van der Waals surface area (Å²) < 4.78 is 11.5. The molecule has 0 atom stereocenters. The second-order valence-electron chi connectivity index (χ2n) is 11.2. The Hall–Kier alpha value is -1.78. The summed E-state index contributed by atoms with van der Waals surface area (Å²) in [6.07, 6.45) is 6.43. The van der Waals surface area contributed by atoms with E-state index < -0.39 is 0 Å². The van der Waals surface area contributed by atoms with Gasteiger partial charge in [0, 0.05) is 50.6 Å². The van der Waals surface area contributed by atoms with Gasteiger partial charge in [-0.15, -0.1) is 0 Å². The van der Waals surface area contributed by atoms with Crippen LogP contribution in [0.15, 0.2) is 0 Å². The van der Waals surface area contributed by atoms with E-state index in [1.807, 2.05) is 37.5 Å². The summed E-state index contributed by atoms with van der Waals surface area (Å²) >= 11 is 5.51. The molecule has 0 radical (unpaired) electrons. The molecule has 1 N–H and O–H groups in total. The van der Waals surface area contributed by atoms with Crippen LogP contribution < -0.4 is 0 Å². The number of ether oxygens (including phenoxy) is 2. The van der Waals surface area contributed by atoms with Gasteiger partial charge in [0.25, 0.3) is 0 Å². The largest absolute Gasteiger partial charge is 0.381 e. The highest BCUT2D eigenvalue weighted by Gasteiger charge is 2.42. The molecular formula is C27H49N5O4S. The molecule has 2 amide bonds. The zero-order valence-corrected chi connectivity index (χ0v) is 24.8. The lowest BCUT2D eigenvalue weighted by Gasteiger charge is -2.35. The molecule has 37 heavy (non-hydrogen) atoms. The number of amides is 2. The Kier molecular flexibility index (Phi) is 12.2. The molecule has 0 saturated carbocycles. The molecular weight excluding hydrogens is 490 g/mol. The number of hydrogen-bond donors (Lipinski definition) is 1. The molecule has 2 aliphatic heterocycles. The number of carbonyl (C=O) groups excluding carboxylic acids is 2. The topological polar surface area (TPSA) is 89.4 Å². The lowest BCUT2D eigenvalue weighted by atomic mass is 9.95. The summed E-state index contributed by atoms with van der Waals surface area (Å²) in [5, 5.41) is 8.93. The molecule has 0 aliphatic carbocycles. The van der Waals surface area contributed by atoms with Crippen LogP contribution in [0.3, 0.4) is 0 Å². The molecule has 9 nitrogen and oxygen atoms in total. The third-order valence-corrected chi connectivity index (χ3v) is 7.77. The van der Waals surface area contributed by atoms with Crippen LogP contribution in [0.5, 0.6) is 0 Å². The average Bonchev–Trinajstić information content (AvgIpc) is 3.30. The van der Waals surface area contributed by atoms with Crippen molar-refractivity contribution in [2.24, 2.45) is 0 Å². The van der Waals surface area contributed by atoms with Gasteiger partial charge in [-0.3, -0.25) is 24.8 Å². The van der Waals surface area contributed by atoms with E-state index in [9.17, 15) is 9.59 Å². The summed E-state index contributed by atoms with van der Waals surface area (Å²) in [4.78, 5) is 32.0. The molecule has 10 heteroatoms. The summed E-state index contributed by atoms with van der Waals surface area (Å²) in [6.45, 7) is 17.2. The van der Waals surface area contributed by atoms with Gasteiger partial charge in [0.2, 0.25) is 17.8 Å². The van der Waals surface area contributed by atoms with E-state index in [1.54, 1.807) is 9.80 Å². The first-order valence-electron chi connectivity index (χ1n) is 13.9. The Morgan fingerprint density at radius 3 is 1.62 bits per heavy atom. The SMILES string of the molecule is CCN1CC(=O)N(C(C)(C)CCCCOCCCOCCCCC(C)(C)N2C(=O)CN(CC)C2=S)C1=N. The molecule has 2 saturated heterocycles. The molecule has 0 bridgehead atoms. The Morgan fingerprint density at radius 2 is 1.16 bits per heavy atom. The highest BCUT2D eigenvalue weighted by Crippen LogP contribution is 2.28. The van der Waals surface area contributed by atoms with E-state index in [2.05, 4.69) is 13.8 Å². The standard InChI is InChI=1S/C27H49N5O4S/c1-7-29-20-22(33)31(24(29)28)26(3,4)14-9-11-16-35-18-13-19-36-17-12-10-15-27(5,6)32-23(34)21-30(8-2)25(32)37/h28H,7-21H2,1-6H3. The summed E-state index contributed by atoms with van der Waals surface area (Å²) in [7, 11) is 0. The first kappa shape index (κ1) is 31.4. The number of hydrogen-bond acceptors (Lipinski definition) is 6. The van der Waals surface area contributed by atoms with Gasteiger partial charge in [-0.25, -0.2) is 0 Å². The number of carbonyl (C=O) groups is 2. The summed E-state index contributed by atoms with van der Waals surface area (Å²) in [6, 6.07) is 0. The maximum Gasteiger partial charge on any atom is 0.249 e. The fourth-order valence-electron chi connectivity index (χ4n) is 5.06. The number of nitrogens with zero attached hydrogens (tertiary/aromatic N) is 4. The normalized spacial score (nSPS) is 17.2. The van der Waals surface area contributed by atoms with Crippen molar-refractivity contribution >= 4 is 35.1 Å². The number of guanidine groups is 1. The van der Waals surface area contributed by atoms with Gasteiger partial charge in [-0.1, -0.05) is 0 Å². The zero-order chi connectivity index (χ0) is 27.6. The molecule has 2 fully saturated rings. The van der Waals surface area contributed by atoms with Crippen molar-refractivity contribution in [2.75, 3.05) is 52.6 Å². The molecule has 0 aromatic heterocycles. The van der Waals surface area contributed by atoms with E-state index in [1.165, 1.54) is 0 Å². The van der Waals surface area contributed by atoms with Crippen molar-refractivity contribution in [3.05, 3.63) is 0 Å². The van der Waals surface area contributed by atoms with E-state index >= 15 is 0 Å². The van der Waals surface area contributed by atoms with Gasteiger partial charge in [-0.2, -0.15) is 0 Å². The van der Waals surface area contributed by atoms with Crippen molar-refractivity contribution in [3.63, 3.8) is 0 Å². The van der Waals surface area contributed by atoms with Gasteiger partial charge in [0.15, 0.2) is 5.11 Å². The first-order valence-corrected chi connectivity index (χ1v) is 14.3. The molecule has 2 aliphatic rings. The van der Waals surface area contributed by atoms with Gasteiger partial charge in [0.05, 0.1) is 6.54 Å². The number of thiocarbonyl (C=S) groups is 1. The predicted molar refractivity (Wildman–Crippen MR) is 151 cm³/mol. The molecule has 0 spiro atoms. The van der Waals surface area contributed by atoms with Gasteiger partial charge < -0.3 is 19.3 Å². The first-order chi connectivity index (χ1) is 17.5. The van der Waals surface area contributed by atoms with Crippen molar-refractivity contribution in [3.8, 4) is 0 Å². The van der Waals surface area contributed by atoms with Crippen molar-refractivity contribution in [1.29, 1.82) is 5.41 Å². The van der Waals surface area contributed by atoms with E-state index in [4.69, 9.17) is 27.1 Å². The average molecular weight is 540 g/mol. The summed E-state index contributed by atoms with van der Waals surface area (Å²) in [5.74, 6) is 0.444. The number of rotatable bonds is 18. The predicted octanol–water partition coefficient (Wildman–Crippen LogP) is 3.86. The third-order valence-electron chi connectivity index (χ3n) is 7.33. The minimum Gasteiger partial charge on any atom is -0.381 e. The van der Waals surface area contributed by atoms with Gasteiger partial charge in [0.1, 0.15) is 6.54 Å². The molecule has 2 heterocycles. The Morgan fingerprint density at radius 1 is 0.730 bits per heavy atom. The smallest absolute Gasteiger partial charge is 0.249 e. The lowest BCUT2D eigenvalue weighted by Crippen LogP contribution is -2.48. The van der Waals surface area contributed by atoms with Crippen LogP contribution in [0.1, 0.15) is 86.5 Å². The van der Waals surface area contributed by atoms with Crippen LogP contribution in [0, 0.1) is 5.41 Å². The van der Waals surface area contributed by atoms with Crippen molar-refractivity contribution < 1.29 is 19.1 Å². The van der Waals surface area contributed by atoms with Crippen molar-refractivity contribution in [1.82, 2.24) is 19.6 Å². The van der Waals surface area contributed by atoms with Crippen LogP contribution >= 0.6 is 12.2 Å². The van der Waals surface area contributed by atoms with E-state index in [0.717, 1.165) is 51.5 Å². The molecule has 0 aromatic carbocycles. The molecule has 212 valence electrons. The number of nitrogens with one attached hydrogen (secondary N) is 1. The lowest BCUT2D eigenvalue weighted by molar-refractivity contribution is -0.129. The summed E-state index contributed by atoms with van der Waals surface area (Å²) in [5.41, 5.74) is -0.629. The van der Waals surface area contributed by atoms with E-state index in [0.29, 0.717) is 57.1 Å². The Balaban J connectivity index is 1.47. The fourth-order valence-corrected chi connectivity index (χ4v) is 5.60. The quantitative estimate of drug-likeness (QED) is 0.209. The fraction of sp³-hybridized carbons (Fsp3) is 0.852. The second kappa shape index (κ2) is 14.4. The monoisotopic (exact) mass is 539 g/mol. The van der Waals surface area contributed by atoms with Crippen LogP contribution in [0.4, 0.5) is 0 Å². The molecule has 0 aromatic rings. The maximum absolute atomic E-state index is 12.4. The highest BCUT2D eigenvalue weighted by atomic mass is 32.1. The van der Waals surface area contributed by atoms with Gasteiger partial charge >= 0.3 is 0 Å². The minimum absolute atomic E-state index is 0.0194. The van der Waals surface area contributed by atoms with Crippen LogP contribution in [-0.4, -0.2) is 106 Å². The second-order valence-corrected chi connectivity index (χ2v) is 11.6. The minimum atomic E-state index is -0.354. The van der Waals surface area contributed by atoms with Crippen molar-refractivity contribution in [2.45, 2.75) is 97.6 Å². The highest BCUT2D eigenvalue weighted by molar-refractivity contribution is 7.80. The number of likely N-dealkylation sites (N-methyl/N-ethyl adjacent to an activating group) is 2. The molecule has 0 unspecified atom stereocenters. The third kappa shape index (κ3) is 8.61. The van der Waals surface area contributed by atoms with Crippen LogP contribution in [-0.2, 0) is 19.1 Å². The number of unbranched alkanes of at least 4 members (excludes halogenated alkanes) is 2. The Labute approximate surface area is 229 Å². The van der Waals surface area contributed by atoms with Crippen LogP contribution in [0.2, 0.25) is 0 Å².